The van der Waals surface area contributed by atoms with Gasteiger partial charge in [-0.25, -0.2) is 4.98 Å². The first kappa shape index (κ1) is 19.1. The van der Waals surface area contributed by atoms with Crippen LogP contribution in [0.25, 0.3) is 0 Å². The second kappa shape index (κ2) is 7.53. The molecule has 0 saturated carbocycles. The van der Waals surface area contributed by atoms with Gasteiger partial charge in [0.05, 0.1) is 10.6 Å². The molecule has 0 aromatic carbocycles. The summed E-state index contributed by atoms with van der Waals surface area (Å²) in [7, 11) is 0. The summed E-state index contributed by atoms with van der Waals surface area (Å²) in [4.78, 5) is 17.7. The van der Waals surface area contributed by atoms with Gasteiger partial charge in [0.15, 0.2) is 0 Å². The van der Waals surface area contributed by atoms with E-state index in [2.05, 4.69) is 20.5 Å². The zero-order chi connectivity index (χ0) is 18.9. The van der Waals surface area contributed by atoms with Crippen molar-refractivity contribution in [3.8, 4) is 0 Å². The molecular formula is C14H12Cl2F3N5OS. The Kier molecular flexibility index (Phi) is 5.54. The number of pyridine rings is 1. The summed E-state index contributed by atoms with van der Waals surface area (Å²) in [6.07, 6.45) is -3.62. The molecule has 26 heavy (non-hydrogen) atoms. The van der Waals surface area contributed by atoms with Gasteiger partial charge >= 0.3 is 6.18 Å². The second-order valence-corrected chi connectivity index (χ2v) is 7.22. The van der Waals surface area contributed by atoms with Gasteiger partial charge in [-0.1, -0.05) is 34.5 Å². The van der Waals surface area contributed by atoms with E-state index in [9.17, 15) is 18.0 Å². The number of nitrogens with one attached hydrogen (secondary N) is 1. The summed E-state index contributed by atoms with van der Waals surface area (Å²) in [6.45, 7) is 0.839. The summed E-state index contributed by atoms with van der Waals surface area (Å²) in [5.74, 6) is -0.211. The number of halogens is 5. The topological polar surface area (TPSA) is 71.0 Å². The van der Waals surface area contributed by atoms with Crippen LogP contribution in [-0.2, 0) is 11.0 Å². The monoisotopic (exact) mass is 425 g/mol. The van der Waals surface area contributed by atoms with Crippen LogP contribution < -0.4 is 10.2 Å². The van der Waals surface area contributed by atoms with Gasteiger partial charge in [-0.15, -0.1) is 10.2 Å². The van der Waals surface area contributed by atoms with E-state index in [-0.39, 0.29) is 22.7 Å². The Morgan fingerprint density at radius 2 is 2.00 bits per heavy atom. The molecule has 0 spiro atoms. The van der Waals surface area contributed by atoms with Crippen LogP contribution in [0.3, 0.4) is 0 Å². The smallest absolute Gasteiger partial charge is 0.355 e. The summed E-state index contributed by atoms with van der Waals surface area (Å²) in [6, 6.07) is 0.778. The molecule has 2 aromatic heterocycles. The highest BCUT2D eigenvalue weighted by molar-refractivity contribution is 7.13. The standard InChI is InChI=1S/C14H12Cl2F3N5OS/c15-9-5-8(14(17,18)19)10(16)21-11(9)24-3-1-7(2-4-24)12(25)22-13-23-20-6-26-13/h5-7H,1-4H2,(H,22,23,25). The third-order valence-electron chi connectivity index (χ3n) is 3.97. The number of rotatable bonds is 3. The number of nitrogens with zero attached hydrogens (tertiary/aromatic N) is 4. The lowest BCUT2D eigenvalue weighted by Gasteiger charge is -2.32. The largest absolute Gasteiger partial charge is 0.419 e. The zero-order valence-corrected chi connectivity index (χ0v) is 15.4. The Balaban J connectivity index is 1.66. The second-order valence-electron chi connectivity index (χ2n) is 5.62. The molecule has 1 aliphatic rings. The van der Waals surface area contributed by atoms with Crippen molar-refractivity contribution in [1.82, 2.24) is 15.2 Å². The Hall–Kier alpha value is -1.65. The van der Waals surface area contributed by atoms with Crippen LogP contribution >= 0.6 is 34.5 Å². The summed E-state index contributed by atoms with van der Waals surface area (Å²) >= 11 is 12.9. The van der Waals surface area contributed by atoms with Crippen molar-refractivity contribution in [2.75, 3.05) is 23.3 Å². The predicted molar refractivity (Wildman–Crippen MR) is 92.7 cm³/mol. The van der Waals surface area contributed by atoms with E-state index in [1.807, 2.05) is 0 Å². The summed E-state index contributed by atoms with van der Waals surface area (Å²) in [5.41, 5.74) is 0.444. The fraction of sp³-hybridized carbons (Fsp3) is 0.429. The van der Waals surface area contributed by atoms with Gasteiger partial charge in [0, 0.05) is 19.0 Å². The highest BCUT2D eigenvalue weighted by Gasteiger charge is 2.36. The van der Waals surface area contributed by atoms with Crippen LogP contribution in [0.4, 0.5) is 24.1 Å². The number of anilines is 2. The lowest BCUT2D eigenvalue weighted by Crippen LogP contribution is -2.38. The van der Waals surface area contributed by atoms with Gasteiger partial charge in [-0.05, 0) is 18.9 Å². The lowest BCUT2D eigenvalue weighted by molar-refractivity contribution is -0.137. The van der Waals surface area contributed by atoms with E-state index < -0.39 is 16.9 Å². The Morgan fingerprint density at radius 1 is 1.31 bits per heavy atom. The number of aromatic nitrogens is 3. The zero-order valence-electron chi connectivity index (χ0n) is 13.1. The highest BCUT2D eigenvalue weighted by atomic mass is 35.5. The van der Waals surface area contributed by atoms with Crippen LogP contribution in [-0.4, -0.2) is 34.2 Å². The molecule has 1 N–H and O–H groups in total. The number of carbonyl (C=O) groups is 1. The minimum atomic E-state index is -4.62. The number of amides is 1. The molecule has 6 nitrogen and oxygen atoms in total. The average molecular weight is 426 g/mol. The molecular weight excluding hydrogens is 414 g/mol. The van der Waals surface area contributed by atoms with Crippen molar-refractivity contribution < 1.29 is 18.0 Å². The molecule has 140 valence electrons. The molecule has 2 aromatic rings. The van der Waals surface area contributed by atoms with Crippen LogP contribution in [0.15, 0.2) is 11.6 Å². The molecule has 0 unspecified atom stereocenters. The molecule has 1 amide bonds. The molecule has 0 aliphatic carbocycles. The third-order valence-corrected chi connectivity index (χ3v) is 5.14. The number of hydrogen-bond donors (Lipinski definition) is 1. The van der Waals surface area contributed by atoms with E-state index >= 15 is 0 Å². The maximum atomic E-state index is 12.8. The Labute approximate surface area is 160 Å². The average Bonchev–Trinajstić information content (AvgIpc) is 3.08. The van der Waals surface area contributed by atoms with E-state index in [0.29, 0.717) is 31.1 Å². The first-order valence-electron chi connectivity index (χ1n) is 7.51. The van der Waals surface area contributed by atoms with Crippen molar-refractivity contribution in [2.45, 2.75) is 19.0 Å². The molecule has 3 rings (SSSR count). The quantitative estimate of drug-likeness (QED) is 0.748. The molecule has 12 heteroatoms. The highest BCUT2D eigenvalue weighted by Crippen LogP contribution is 2.39. The maximum Gasteiger partial charge on any atom is 0.419 e. The Morgan fingerprint density at radius 3 is 2.58 bits per heavy atom. The summed E-state index contributed by atoms with van der Waals surface area (Å²) < 4.78 is 38.5. The number of alkyl halides is 3. The van der Waals surface area contributed by atoms with Crippen molar-refractivity contribution in [3.63, 3.8) is 0 Å². The van der Waals surface area contributed by atoms with Gasteiger partial charge < -0.3 is 10.2 Å². The molecule has 0 atom stereocenters. The number of hydrogen-bond acceptors (Lipinski definition) is 6. The van der Waals surface area contributed by atoms with E-state index in [1.54, 1.807) is 4.90 Å². The summed E-state index contributed by atoms with van der Waals surface area (Å²) in [5, 5.41) is 9.75. The molecule has 0 radical (unpaired) electrons. The van der Waals surface area contributed by atoms with Crippen molar-refractivity contribution >= 4 is 51.4 Å². The van der Waals surface area contributed by atoms with E-state index in [0.717, 1.165) is 6.07 Å². The third kappa shape index (κ3) is 4.18. The normalized spacial score (nSPS) is 16.0. The van der Waals surface area contributed by atoms with Crippen LogP contribution in [0.2, 0.25) is 10.2 Å². The van der Waals surface area contributed by atoms with Gasteiger partial charge in [-0.3, -0.25) is 4.79 Å². The first-order valence-corrected chi connectivity index (χ1v) is 9.14. The van der Waals surface area contributed by atoms with Crippen LogP contribution in [0, 0.1) is 5.92 Å². The molecule has 1 aliphatic heterocycles. The van der Waals surface area contributed by atoms with E-state index in [1.165, 1.54) is 16.8 Å². The molecule has 1 fully saturated rings. The van der Waals surface area contributed by atoms with Crippen molar-refractivity contribution in [1.29, 1.82) is 0 Å². The number of carbonyl (C=O) groups excluding carboxylic acids is 1. The van der Waals surface area contributed by atoms with Gasteiger partial charge in [0.2, 0.25) is 11.0 Å². The van der Waals surface area contributed by atoms with Gasteiger partial charge in [-0.2, -0.15) is 13.2 Å². The van der Waals surface area contributed by atoms with Crippen molar-refractivity contribution in [2.24, 2.45) is 5.92 Å². The SMILES string of the molecule is O=C(Nc1nncs1)C1CCN(c2nc(Cl)c(C(F)(F)F)cc2Cl)CC1. The van der Waals surface area contributed by atoms with Crippen molar-refractivity contribution in [3.05, 3.63) is 27.3 Å². The molecule has 1 saturated heterocycles. The minimum Gasteiger partial charge on any atom is -0.355 e. The predicted octanol–water partition coefficient (Wildman–Crippen LogP) is 4.11. The fourth-order valence-corrected chi connectivity index (χ4v) is 3.63. The fourth-order valence-electron chi connectivity index (χ4n) is 2.67. The minimum absolute atomic E-state index is 0.126. The van der Waals surface area contributed by atoms with Gasteiger partial charge in [0.1, 0.15) is 16.5 Å². The Bertz CT molecular complexity index is 795. The number of piperidine rings is 1. The maximum absolute atomic E-state index is 12.8. The van der Waals surface area contributed by atoms with Crippen LogP contribution in [0.1, 0.15) is 18.4 Å². The molecule has 3 heterocycles. The van der Waals surface area contributed by atoms with Crippen LogP contribution in [0.5, 0.6) is 0 Å². The molecule has 0 bridgehead atoms. The van der Waals surface area contributed by atoms with Gasteiger partial charge in [0.25, 0.3) is 0 Å². The lowest BCUT2D eigenvalue weighted by atomic mass is 9.96. The first-order chi connectivity index (χ1) is 12.3. The van der Waals surface area contributed by atoms with E-state index in [4.69, 9.17) is 23.2 Å².